The van der Waals surface area contributed by atoms with Gasteiger partial charge < -0.3 is 23.9 Å². The molecule has 1 heterocycles. The summed E-state index contributed by atoms with van der Waals surface area (Å²) in [4.78, 5) is 15.7. The molecule has 0 aliphatic carbocycles. The minimum absolute atomic E-state index is 0. The Hall–Kier alpha value is -3.71. The van der Waals surface area contributed by atoms with Gasteiger partial charge in [-0.25, -0.2) is 4.98 Å². The number of benzene rings is 3. The van der Waals surface area contributed by atoms with E-state index in [9.17, 15) is 4.79 Å². The molecular weight excluding hydrogens is 468 g/mol. The third-order valence-corrected chi connectivity index (χ3v) is 5.71. The summed E-state index contributed by atoms with van der Waals surface area (Å²) in [5.74, 6) is 1.95. The zero-order valence-corrected chi connectivity index (χ0v) is 20.8. The fourth-order valence-corrected chi connectivity index (χ4v) is 3.68. The quantitative estimate of drug-likeness (QED) is 0.312. The van der Waals surface area contributed by atoms with E-state index in [-0.39, 0.29) is 25.4 Å². The van der Waals surface area contributed by atoms with Crippen molar-refractivity contribution in [2.45, 2.75) is 33.0 Å². The van der Waals surface area contributed by atoms with Crippen LogP contribution < -0.4 is 14.2 Å². The van der Waals surface area contributed by atoms with Crippen molar-refractivity contribution < 1.29 is 24.1 Å². The van der Waals surface area contributed by atoms with Gasteiger partial charge in [-0.15, -0.1) is 12.4 Å². The summed E-state index contributed by atoms with van der Waals surface area (Å²) in [5, 5.41) is 9.10. The lowest BCUT2D eigenvalue weighted by atomic mass is 10.1. The Balaban J connectivity index is 0.00000342. The number of carboxylic acid groups (broad SMARTS) is 1. The molecule has 3 aromatic carbocycles. The second-order valence-electron chi connectivity index (χ2n) is 8.17. The highest BCUT2D eigenvalue weighted by Crippen LogP contribution is 2.28. The molecule has 0 atom stereocenters. The van der Waals surface area contributed by atoms with E-state index in [1.54, 1.807) is 7.11 Å². The molecular formula is C27H29ClN2O5. The maximum Gasteiger partial charge on any atom is 0.303 e. The largest absolute Gasteiger partial charge is 0.497 e. The molecule has 1 aromatic heterocycles. The van der Waals surface area contributed by atoms with Crippen LogP contribution in [0.3, 0.4) is 0 Å². The number of nitrogens with zero attached hydrogens (tertiary/aromatic N) is 2. The highest BCUT2D eigenvalue weighted by Gasteiger charge is 2.12. The zero-order valence-electron chi connectivity index (χ0n) is 20.0. The molecule has 4 rings (SSSR count). The zero-order chi connectivity index (χ0) is 24.1. The van der Waals surface area contributed by atoms with Gasteiger partial charge in [0.25, 0.3) is 0 Å². The number of aliphatic carboxylic acids is 1. The van der Waals surface area contributed by atoms with E-state index in [2.05, 4.69) is 4.98 Å². The van der Waals surface area contributed by atoms with Gasteiger partial charge in [0.2, 0.25) is 0 Å². The fourth-order valence-electron chi connectivity index (χ4n) is 3.68. The minimum Gasteiger partial charge on any atom is -0.497 e. The van der Waals surface area contributed by atoms with Crippen LogP contribution in [0.4, 0.5) is 0 Å². The molecule has 1 N–H and O–H groups in total. The van der Waals surface area contributed by atoms with Crippen molar-refractivity contribution in [1.82, 2.24) is 9.55 Å². The lowest BCUT2D eigenvalue weighted by Gasteiger charge is -2.14. The number of ether oxygens (including phenoxy) is 3. The van der Waals surface area contributed by atoms with Crippen molar-refractivity contribution in [1.29, 1.82) is 0 Å². The van der Waals surface area contributed by atoms with Gasteiger partial charge in [-0.2, -0.15) is 0 Å². The second kappa shape index (κ2) is 11.6. The van der Waals surface area contributed by atoms with Crippen molar-refractivity contribution in [2.75, 3.05) is 7.11 Å². The number of fused-ring (bicyclic) bond motifs is 1. The Morgan fingerprint density at radius 2 is 1.71 bits per heavy atom. The van der Waals surface area contributed by atoms with Crippen LogP contribution in [0.1, 0.15) is 28.9 Å². The Kier molecular flexibility index (Phi) is 8.60. The molecule has 4 aromatic rings. The van der Waals surface area contributed by atoms with E-state index in [1.807, 2.05) is 79.2 Å². The van der Waals surface area contributed by atoms with Gasteiger partial charge in [0.15, 0.2) is 0 Å². The summed E-state index contributed by atoms with van der Waals surface area (Å²) >= 11 is 0. The average Bonchev–Trinajstić information content (AvgIpc) is 3.16. The molecule has 7 nitrogen and oxygen atoms in total. The van der Waals surface area contributed by atoms with Crippen LogP contribution in [0, 0.1) is 6.92 Å². The number of imidazole rings is 1. The number of methoxy groups -OCH3 is 1. The highest BCUT2D eigenvalue weighted by atomic mass is 35.5. The second-order valence-corrected chi connectivity index (χ2v) is 8.17. The molecule has 0 bridgehead atoms. The first-order valence-electron chi connectivity index (χ1n) is 11.1. The number of hydrogen-bond acceptors (Lipinski definition) is 5. The summed E-state index contributed by atoms with van der Waals surface area (Å²) in [5.41, 5.74) is 4.88. The van der Waals surface area contributed by atoms with Crippen LogP contribution in [0.15, 0.2) is 60.7 Å². The van der Waals surface area contributed by atoms with Crippen molar-refractivity contribution in [3.05, 3.63) is 83.2 Å². The molecule has 0 radical (unpaired) electrons. The van der Waals surface area contributed by atoms with Crippen LogP contribution in [0.25, 0.3) is 11.0 Å². The number of hydrogen-bond donors (Lipinski definition) is 1. The van der Waals surface area contributed by atoms with Crippen LogP contribution in [-0.2, 0) is 31.5 Å². The third kappa shape index (κ3) is 6.45. The van der Waals surface area contributed by atoms with Gasteiger partial charge in [-0.1, -0.05) is 35.9 Å². The van der Waals surface area contributed by atoms with Crippen molar-refractivity contribution in [3.8, 4) is 17.2 Å². The number of halogens is 1. The van der Waals surface area contributed by atoms with Crippen LogP contribution in [0.5, 0.6) is 17.2 Å². The summed E-state index contributed by atoms with van der Waals surface area (Å²) in [6.07, 6.45) is 0.413. The van der Waals surface area contributed by atoms with Gasteiger partial charge >= 0.3 is 5.97 Å². The number of aryl methyl sites for hydroxylation is 3. The van der Waals surface area contributed by atoms with E-state index in [4.69, 9.17) is 19.3 Å². The van der Waals surface area contributed by atoms with Gasteiger partial charge in [0.1, 0.15) is 36.3 Å². The Morgan fingerprint density at radius 3 is 2.43 bits per heavy atom. The summed E-state index contributed by atoms with van der Waals surface area (Å²) in [7, 11) is 3.58. The van der Waals surface area contributed by atoms with E-state index in [0.29, 0.717) is 24.5 Å². The first-order valence-corrected chi connectivity index (χ1v) is 11.1. The molecule has 0 amide bonds. The molecule has 0 saturated carbocycles. The van der Waals surface area contributed by atoms with E-state index in [0.717, 1.165) is 33.7 Å². The van der Waals surface area contributed by atoms with Crippen LogP contribution >= 0.6 is 12.4 Å². The smallest absolute Gasteiger partial charge is 0.303 e. The van der Waals surface area contributed by atoms with E-state index < -0.39 is 5.97 Å². The molecule has 0 saturated heterocycles. The fraction of sp³-hybridized carbons (Fsp3) is 0.259. The van der Waals surface area contributed by atoms with Gasteiger partial charge in [-0.05, 0) is 42.7 Å². The predicted molar refractivity (Wildman–Crippen MR) is 137 cm³/mol. The predicted octanol–water partition coefficient (Wildman–Crippen LogP) is 5.49. The van der Waals surface area contributed by atoms with E-state index >= 15 is 0 Å². The lowest BCUT2D eigenvalue weighted by molar-refractivity contribution is -0.136. The minimum atomic E-state index is -0.844. The number of rotatable bonds is 10. The van der Waals surface area contributed by atoms with Gasteiger partial charge in [0.05, 0.1) is 18.1 Å². The molecule has 0 unspecified atom stereocenters. The first-order chi connectivity index (χ1) is 16.4. The number of aromatic nitrogens is 2. The Morgan fingerprint density at radius 1 is 0.971 bits per heavy atom. The molecule has 184 valence electrons. The Bertz CT molecular complexity index is 1300. The van der Waals surface area contributed by atoms with Crippen molar-refractivity contribution in [2.24, 2.45) is 7.05 Å². The molecule has 0 aliphatic heterocycles. The van der Waals surface area contributed by atoms with Crippen LogP contribution in [0.2, 0.25) is 0 Å². The Labute approximate surface area is 210 Å². The van der Waals surface area contributed by atoms with Gasteiger partial charge in [-0.3, -0.25) is 4.79 Å². The average molecular weight is 497 g/mol. The lowest BCUT2D eigenvalue weighted by Crippen LogP contribution is -2.05. The highest BCUT2D eigenvalue weighted by molar-refractivity contribution is 5.85. The molecule has 0 fully saturated rings. The van der Waals surface area contributed by atoms with Crippen molar-refractivity contribution >= 4 is 29.4 Å². The molecule has 0 spiro atoms. The van der Waals surface area contributed by atoms with Crippen LogP contribution in [-0.4, -0.2) is 27.7 Å². The third-order valence-electron chi connectivity index (χ3n) is 5.71. The standard InChI is InChI=1S/C27H28N2O5.ClH/c1-18-4-6-19(7-5-18)16-34-25-15-22(10-8-20(25)9-13-27(30)31)33-17-26-28-23-12-11-21(32-3)14-24(23)29(26)2;/h4-8,10-12,14-15H,9,13,16-17H2,1-3H3,(H,30,31);1H. The van der Waals surface area contributed by atoms with Gasteiger partial charge in [0, 0.05) is 25.6 Å². The summed E-state index contributed by atoms with van der Waals surface area (Å²) < 4.78 is 19.4. The summed E-state index contributed by atoms with van der Waals surface area (Å²) in [6, 6.07) is 19.4. The topological polar surface area (TPSA) is 82.8 Å². The summed E-state index contributed by atoms with van der Waals surface area (Å²) in [6.45, 7) is 2.70. The molecule has 8 heteroatoms. The van der Waals surface area contributed by atoms with Crippen molar-refractivity contribution in [3.63, 3.8) is 0 Å². The maximum absolute atomic E-state index is 11.1. The normalized spacial score (nSPS) is 10.6. The van der Waals surface area contributed by atoms with E-state index in [1.165, 1.54) is 5.56 Å². The first kappa shape index (κ1) is 25.9. The maximum atomic E-state index is 11.1. The number of carboxylic acids is 1. The molecule has 0 aliphatic rings. The monoisotopic (exact) mass is 496 g/mol. The SMILES string of the molecule is COc1ccc2nc(COc3ccc(CCC(=O)O)c(OCc4ccc(C)cc4)c3)n(C)c2c1.Cl. The number of carbonyl (C=O) groups is 1. The molecule has 35 heavy (non-hydrogen) atoms.